The molecule has 10 heteroatoms. The molecule has 2 fully saturated rings. The average Bonchev–Trinajstić information content (AvgIpc) is 2.84. The molecule has 0 radical (unpaired) electrons. The van der Waals surface area contributed by atoms with E-state index in [1.54, 1.807) is 31.3 Å². The fourth-order valence-electron chi connectivity index (χ4n) is 3.99. The zero-order chi connectivity index (χ0) is 21.9. The SMILES string of the molecule is CN1C(=O)N(CC(=O)Nc2cccc(OCCS(C)(=O)=O)c2)C(=O)C12CCCCC2. The Morgan fingerprint density at radius 3 is 2.57 bits per heavy atom. The third kappa shape index (κ3) is 4.75. The number of nitrogens with zero attached hydrogens (tertiary/aromatic N) is 2. The maximum atomic E-state index is 13.0. The predicted octanol–water partition coefficient (Wildman–Crippen LogP) is 1.65. The van der Waals surface area contributed by atoms with Crippen LogP contribution in [0, 0.1) is 0 Å². The second-order valence-corrected chi connectivity index (χ2v) is 10.1. The van der Waals surface area contributed by atoms with Crippen LogP contribution in [0.25, 0.3) is 0 Å². The number of hydrogen-bond donors (Lipinski definition) is 1. The molecular formula is C20H27N3O6S. The van der Waals surface area contributed by atoms with Crippen molar-refractivity contribution in [1.29, 1.82) is 0 Å². The van der Waals surface area contributed by atoms with Gasteiger partial charge in [-0.1, -0.05) is 25.3 Å². The van der Waals surface area contributed by atoms with Crippen molar-refractivity contribution < 1.29 is 27.5 Å². The van der Waals surface area contributed by atoms with E-state index in [0.29, 0.717) is 24.3 Å². The van der Waals surface area contributed by atoms with Crippen LogP contribution in [0.1, 0.15) is 32.1 Å². The molecule has 1 N–H and O–H groups in total. The minimum atomic E-state index is -3.13. The van der Waals surface area contributed by atoms with Crippen molar-refractivity contribution in [3.63, 3.8) is 0 Å². The fraction of sp³-hybridized carbons (Fsp3) is 0.550. The third-order valence-electron chi connectivity index (χ3n) is 5.63. The van der Waals surface area contributed by atoms with Gasteiger partial charge in [-0.2, -0.15) is 0 Å². The number of ether oxygens (including phenoxy) is 1. The number of amides is 4. The average molecular weight is 438 g/mol. The molecule has 1 aromatic carbocycles. The lowest BCUT2D eigenvalue weighted by atomic mass is 9.81. The summed E-state index contributed by atoms with van der Waals surface area (Å²) in [5.41, 5.74) is -0.389. The molecule has 1 spiro atoms. The molecule has 3 rings (SSSR count). The van der Waals surface area contributed by atoms with E-state index in [-0.39, 0.29) is 24.8 Å². The molecule has 9 nitrogen and oxygen atoms in total. The van der Waals surface area contributed by atoms with E-state index in [0.717, 1.165) is 30.4 Å². The number of imide groups is 1. The van der Waals surface area contributed by atoms with Gasteiger partial charge in [-0.3, -0.25) is 14.5 Å². The fourth-order valence-corrected chi connectivity index (χ4v) is 4.38. The van der Waals surface area contributed by atoms with E-state index >= 15 is 0 Å². The monoisotopic (exact) mass is 437 g/mol. The molecule has 0 aromatic heterocycles. The highest BCUT2D eigenvalue weighted by Crippen LogP contribution is 2.39. The molecule has 1 aliphatic carbocycles. The summed E-state index contributed by atoms with van der Waals surface area (Å²) in [6.45, 7) is -0.357. The van der Waals surface area contributed by atoms with Gasteiger partial charge in [-0.05, 0) is 25.0 Å². The molecule has 0 bridgehead atoms. The van der Waals surface area contributed by atoms with Crippen LogP contribution >= 0.6 is 0 Å². The minimum Gasteiger partial charge on any atom is -0.492 e. The number of anilines is 1. The first-order valence-electron chi connectivity index (χ1n) is 9.93. The van der Waals surface area contributed by atoms with E-state index in [4.69, 9.17) is 4.74 Å². The second kappa shape index (κ2) is 8.63. The Bertz CT molecular complexity index is 940. The van der Waals surface area contributed by atoms with Gasteiger partial charge in [-0.15, -0.1) is 0 Å². The highest BCUT2D eigenvalue weighted by molar-refractivity contribution is 7.90. The second-order valence-electron chi connectivity index (χ2n) is 7.88. The van der Waals surface area contributed by atoms with Crippen molar-refractivity contribution in [3.8, 4) is 5.75 Å². The summed E-state index contributed by atoms with van der Waals surface area (Å²) in [7, 11) is -1.51. The van der Waals surface area contributed by atoms with Gasteiger partial charge in [0.2, 0.25) is 5.91 Å². The summed E-state index contributed by atoms with van der Waals surface area (Å²) in [5.74, 6) is -0.502. The Morgan fingerprint density at radius 2 is 1.90 bits per heavy atom. The first-order valence-corrected chi connectivity index (χ1v) is 12.0. The quantitative estimate of drug-likeness (QED) is 0.649. The Hall–Kier alpha value is -2.62. The third-order valence-corrected chi connectivity index (χ3v) is 6.53. The molecule has 1 heterocycles. The van der Waals surface area contributed by atoms with Crippen molar-refractivity contribution in [3.05, 3.63) is 24.3 Å². The maximum absolute atomic E-state index is 13.0. The smallest absolute Gasteiger partial charge is 0.327 e. The molecule has 1 aromatic rings. The largest absolute Gasteiger partial charge is 0.492 e. The van der Waals surface area contributed by atoms with Crippen LogP contribution in [-0.4, -0.2) is 73.8 Å². The lowest BCUT2D eigenvalue weighted by Gasteiger charge is -2.35. The first kappa shape index (κ1) is 22.1. The van der Waals surface area contributed by atoms with Gasteiger partial charge in [0.05, 0.1) is 5.75 Å². The summed E-state index contributed by atoms with van der Waals surface area (Å²) >= 11 is 0. The molecule has 2 aliphatic rings. The van der Waals surface area contributed by atoms with Crippen molar-refractivity contribution in [2.24, 2.45) is 0 Å². The van der Waals surface area contributed by atoms with Crippen LogP contribution in [0.2, 0.25) is 0 Å². The number of nitrogens with one attached hydrogen (secondary N) is 1. The summed E-state index contributed by atoms with van der Waals surface area (Å²) in [6, 6.07) is 6.05. The Labute approximate surface area is 176 Å². The molecule has 0 unspecified atom stereocenters. The van der Waals surface area contributed by atoms with Crippen LogP contribution in [0.3, 0.4) is 0 Å². The van der Waals surface area contributed by atoms with Gasteiger partial charge in [0.15, 0.2) is 9.84 Å². The Morgan fingerprint density at radius 1 is 1.20 bits per heavy atom. The van der Waals surface area contributed by atoms with Gasteiger partial charge in [0, 0.05) is 25.1 Å². The molecule has 30 heavy (non-hydrogen) atoms. The normalized spacial score (nSPS) is 18.7. The highest BCUT2D eigenvalue weighted by atomic mass is 32.2. The topological polar surface area (TPSA) is 113 Å². The summed E-state index contributed by atoms with van der Waals surface area (Å²) in [6.07, 6.45) is 5.19. The maximum Gasteiger partial charge on any atom is 0.327 e. The van der Waals surface area contributed by atoms with E-state index in [2.05, 4.69) is 5.32 Å². The summed E-state index contributed by atoms with van der Waals surface area (Å²) in [4.78, 5) is 40.6. The molecular weight excluding hydrogens is 410 g/mol. The number of carbonyl (C=O) groups excluding carboxylic acids is 3. The van der Waals surface area contributed by atoms with E-state index < -0.39 is 27.3 Å². The lowest BCUT2D eigenvalue weighted by Crippen LogP contribution is -2.49. The van der Waals surface area contributed by atoms with Gasteiger partial charge in [0.1, 0.15) is 24.4 Å². The summed E-state index contributed by atoms with van der Waals surface area (Å²) < 4.78 is 27.8. The van der Waals surface area contributed by atoms with E-state index in [1.165, 1.54) is 4.90 Å². The Kier molecular flexibility index (Phi) is 6.35. The van der Waals surface area contributed by atoms with Gasteiger partial charge in [0.25, 0.3) is 5.91 Å². The number of likely N-dealkylation sites (N-methyl/N-ethyl adjacent to an activating group) is 1. The van der Waals surface area contributed by atoms with Gasteiger partial charge in [-0.25, -0.2) is 13.2 Å². The molecule has 1 aliphatic heterocycles. The number of rotatable bonds is 7. The van der Waals surface area contributed by atoms with Crippen LogP contribution in [-0.2, 0) is 19.4 Å². The number of urea groups is 1. The van der Waals surface area contributed by atoms with Crippen molar-refractivity contribution >= 4 is 33.4 Å². The lowest BCUT2D eigenvalue weighted by molar-refractivity contribution is -0.136. The van der Waals surface area contributed by atoms with Crippen LogP contribution in [0.4, 0.5) is 10.5 Å². The predicted molar refractivity (Wildman–Crippen MR) is 111 cm³/mol. The van der Waals surface area contributed by atoms with E-state index in [1.807, 2.05) is 0 Å². The minimum absolute atomic E-state index is 0.00142. The first-order chi connectivity index (χ1) is 14.1. The molecule has 1 saturated carbocycles. The van der Waals surface area contributed by atoms with Crippen LogP contribution in [0.15, 0.2) is 24.3 Å². The zero-order valence-corrected chi connectivity index (χ0v) is 18.0. The number of sulfone groups is 1. The van der Waals surface area contributed by atoms with Crippen LogP contribution < -0.4 is 10.1 Å². The number of hydrogen-bond acceptors (Lipinski definition) is 6. The van der Waals surface area contributed by atoms with E-state index in [9.17, 15) is 22.8 Å². The molecule has 0 atom stereocenters. The number of carbonyl (C=O) groups is 3. The standard InChI is InChI=1S/C20H27N3O6S/c1-22-19(26)23(18(25)20(22)9-4-3-5-10-20)14-17(24)21-15-7-6-8-16(13-15)29-11-12-30(2,27)28/h6-8,13H,3-5,9-12,14H2,1-2H3,(H,21,24). The molecule has 4 amide bonds. The summed E-state index contributed by atoms with van der Waals surface area (Å²) in [5, 5.41) is 2.66. The van der Waals surface area contributed by atoms with Crippen LogP contribution in [0.5, 0.6) is 5.75 Å². The highest BCUT2D eigenvalue weighted by Gasteiger charge is 2.55. The zero-order valence-electron chi connectivity index (χ0n) is 17.2. The molecule has 1 saturated heterocycles. The van der Waals surface area contributed by atoms with Crippen molar-refractivity contribution in [2.45, 2.75) is 37.6 Å². The van der Waals surface area contributed by atoms with Gasteiger partial charge >= 0.3 is 6.03 Å². The Balaban J connectivity index is 1.61. The van der Waals surface area contributed by atoms with Gasteiger partial charge < -0.3 is 15.0 Å². The van der Waals surface area contributed by atoms with Crippen molar-refractivity contribution in [2.75, 3.05) is 37.5 Å². The molecule has 164 valence electrons. The number of benzene rings is 1. The van der Waals surface area contributed by atoms with Crippen molar-refractivity contribution in [1.82, 2.24) is 9.80 Å².